The summed E-state index contributed by atoms with van der Waals surface area (Å²) in [6, 6.07) is 5.27. The fourth-order valence-corrected chi connectivity index (χ4v) is 4.92. The first kappa shape index (κ1) is 14.4. The third kappa shape index (κ3) is 2.78. The van der Waals surface area contributed by atoms with Gasteiger partial charge < -0.3 is 5.73 Å². The number of rotatable bonds is 3. The number of hydrogen-bond donors (Lipinski definition) is 1. The van der Waals surface area contributed by atoms with Crippen LogP contribution in [0.1, 0.15) is 44.6 Å². The van der Waals surface area contributed by atoms with Gasteiger partial charge in [-0.25, -0.2) is 8.42 Å². The number of anilines is 1. The molecular formula is C15H23NO2S. The van der Waals surface area contributed by atoms with Crippen LogP contribution in [-0.2, 0) is 9.84 Å². The predicted molar refractivity (Wildman–Crippen MR) is 78.8 cm³/mol. The average Bonchev–Trinajstić information content (AvgIpc) is 2.41. The first-order chi connectivity index (χ1) is 8.96. The Morgan fingerprint density at radius 1 is 1.21 bits per heavy atom. The van der Waals surface area contributed by atoms with Crippen molar-refractivity contribution in [2.75, 3.05) is 5.73 Å². The Morgan fingerprint density at radius 3 is 2.42 bits per heavy atom. The summed E-state index contributed by atoms with van der Waals surface area (Å²) in [6.07, 6.45) is 4.74. The summed E-state index contributed by atoms with van der Waals surface area (Å²) in [5, 5.41) is -0.251. The molecule has 19 heavy (non-hydrogen) atoms. The van der Waals surface area contributed by atoms with E-state index in [1.807, 2.05) is 13.0 Å². The Bertz CT molecular complexity index is 543. The topological polar surface area (TPSA) is 60.2 Å². The summed E-state index contributed by atoms with van der Waals surface area (Å²) in [7, 11) is -3.27. The van der Waals surface area contributed by atoms with Gasteiger partial charge in [-0.2, -0.15) is 0 Å². The molecule has 0 aromatic heterocycles. The Morgan fingerprint density at radius 2 is 1.84 bits per heavy atom. The van der Waals surface area contributed by atoms with Crippen molar-refractivity contribution in [2.45, 2.75) is 56.1 Å². The Kier molecular flexibility index (Phi) is 4.19. The van der Waals surface area contributed by atoms with Crippen molar-refractivity contribution in [1.82, 2.24) is 0 Å². The van der Waals surface area contributed by atoms with Crippen molar-refractivity contribution in [2.24, 2.45) is 5.92 Å². The molecule has 2 rings (SSSR count). The third-order valence-corrected chi connectivity index (χ3v) is 6.72. The lowest BCUT2D eigenvalue weighted by Crippen LogP contribution is -2.27. The maximum absolute atomic E-state index is 12.7. The molecular weight excluding hydrogens is 258 g/mol. The van der Waals surface area contributed by atoms with Gasteiger partial charge in [-0.05, 0) is 50.2 Å². The lowest BCUT2D eigenvalue weighted by molar-refractivity contribution is 0.348. The highest BCUT2D eigenvalue weighted by molar-refractivity contribution is 7.92. The second kappa shape index (κ2) is 5.53. The number of nitrogens with two attached hydrogens (primary N) is 1. The number of benzene rings is 1. The molecule has 2 N–H and O–H groups in total. The molecule has 0 aliphatic heterocycles. The minimum absolute atomic E-state index is 0.251. The van der Waals surface area contributed by atoms with Crippen molar-refractivity contribution >= 4 is 15.5 Å². The fraction of sp³-hybridized carbons (Fsp3) is 0.600. The number of aryl methyl sites for hydroxylation is 1. The highest BCUT2D eigenvalue weighted by atomic mass is 32.2. The van der Waals surface area contributed by atoms with Crippen LogP contribution in [0.5, 0.6) is 0 Å². The van der Waals surface area contributed by atoms with E-state index in [0.29, 0.717) is 16.5 Å². The summed E-state index contributed by atoms with van der Waals surface area (Å²) in [6.45, 7) is 4.03. The van der Waals surface area contributed by atoms with Crippen LogP contribution in [0.4, 0.5) is 5.69 Å². The van der Waals surface area contributed by atoms with Crippen LogP contribution >= 0.6 is 0 Å². The van der Waals surface area contributed by atoms with E-state index in [1.54, 1.807) is 12.1 Å². The van der Waals surface area contributed by atoms with Crippen molar-refractivity contribution in [3.63, 3.8) is 0 Å². The number of nitrogen functional groups attached to an aromatic ring is 1. The first-order valence-corrected chi connectivity index (χ1v) is 8.60. The summed E-state index contributed by atoms with van der Waals surface area (Å²) >= 11 is 0. The maximum Gasteiger partial charge on any atom is 0.183 e. The zero-order valence-electron chi connectivity index (χ0n) is 11.7. The van der Waals surface area contributed by atoms with E-state index in [9.17, 15) is 8.42 Å². The number of hydrogen-bond acceptors (Lipinski definition) is 3. The Balaban J connectivity index is 2.26. The molecule has 0 heterocycles. The SMILES string of the molecule is CCC1CCC(S(=O)(=O)c2cccc(C)c2N)CC1. The molecule has 0 atom stereocenters. The van der Waals surface area contributed by atoms with Gasteiger partial charge in [-0.15, -0.1) is 0 Å². The molecule has 1 aromatic carbocycles. The minimum Gasteiger partial charge on any atom is -0.397 e. The first-order valence-electron chi connectivity index (χ1n) is 7.05. The molecule has 1 saturated carbocycles. The van der Waals surface area contributed by atoms with Gasteiger partial charge in [0.25, 0.3) is 0 Å². The van der Waals surface area contributed by atoms with E-state index >= 15 is 0 Å². The zero-order chi connectivity index (χ0) is 14.0. The smallest absolute Gasteiger partial charge is 0.183 e. The summed E-state index contributed by atoms with van der Waals surface area (Å²) in [4.78, 5) is 0.326. The molecule has 0 saturated heterocycles. The second-order valence-corrected chi connectivity index (χ2v) is 7.78. The van der Waals surface area contributed by atoms with E-state index in [1.165, 1.54) is 0 Å². The van der Waals surface area contributed by atoms with Crippen LogP contribution in [0.3, 0.4) is 0 Å². The quantitative estimate of drug-likeness (QED) is 0.865. The molecule has 0 unspecified atom stereocenters. The third-order valence-electron chi connectivity index (χ3n) is 4.40. The number of sulfone groups is 1. The van der Waals surface area contributed by atoms with Gasteiger partial charge in [0, 0.05) is 0 Å². The van der Waals surface area contributed by atoms with E-state index in [4.69, 9.17) is 5.73 Å². The predicted octanol–water partition coefficient (Wildman–Crippen LogP) is 3.32. The van der Waals surface area contributed by atoms with Crippen LogP contribution in [0.25, 0.3) is 0 Å². The average molecular weight is 281 g/mol. The van der Waals surface area contributed by atoms with Gasteiger partial charge >= 0.3 is 0 Å². The molecule has 106 valence electrons. The summed E-state index contributed by atoms with van der Waals surface area (Å²) in [5.74, 6) is 0.696. The van der Waals surface area contributed by atoms with Crippen molar-refractivity contribution in [3.05, 3.63) is 23.8 Å². The molecule has 1 aliphatic carbocycles. The van der Waals surface area contributed by atoms with Gasteiger partial charge in [-0.3, -0.25) is 0 Å². The van der Waals surface area contributed by atoms with Crippen LogP contribution in [-0.4, -0.2) is 13.7 Å². The molecule has 1 aliphatic rings. The van der Waals surface area contributed by atoms with Crippen LogP contribution in [0.2, 0.25) is 0 Å². The van der Waals surface area contributed by atoms with E-state index in [2.05, 4.69) is 6.92 Å². The minimum atomic E-state index is -3.27. The van der Waals surface area contributed by atoms with Crippen molar-refractivity contribution in [1.29, 1.82) is 0 Å². The Labute approximate surface area is 116 Å². The zero-order valence-corrected chi connectivity index (χ0v) is 12.5. The van der Waals surface area contributed by atoms with Crippen molar-refractivity contribution < 1.29 is 8.42 Å². The molecule has 1 aromatic rings. The number of para-hydroxylation sites is 1. The van der Waals surface area contributed by atoms with Crippen LogP contribution < -0.4 is 5.73 Å². The van der Waals surface area contributed by atoms with Gasteiger partial charge in [0.1, 0.15) is 0 Å². The molecule has 4 heteroatoms. The lowest BCUT2D eigenvalue weighted by Gasteiger charge is -2.28. The van der Waals surface area contributed by atoms with E-state index < -0.39 is 9.84 Å². The molecule has 0 spiro atoms. The molecule has 0 radical (unpaired) electrons. The van der Waals surface area contributed by atoms with Gasteiger partial charge in [-0.1, -0.05) is 25.5 Å². The van der Waals surface area contributed by atoms with E-state index in [-0.39, 0.29) is 5.25 Å². The van der Waals surface area contributed by atoms with Crippen LogP contribution in [0, 0.1) is 12.8 Å². The lowest BCUT2D eigenvalue weighted by atomic mass is 9.87. The molecule has 1 fully saturated rings. The molecule has 0 amide bonds. The highest BCUT2D eigenvalue weighted by Crippen LogP contribution is 2.35. The van der Waals surface area contributed by atoms with Gasteiger partial charge in [0.2, 0.25) is 0 Å². The summed E-state index contributed by atoms with van der Waals surface area (Å²) in [5.41, 5.74) is 7.20. The normalized spacial score (nSPS) is 24.3. The monoisotopic (exact) mass is 281 g/mol. The standard InChI is InChI=1S/C15H23NO2S/c1-3-12-7-9-13(10-8-12)19(17,18)14-6-4-5-11(2)15(14)16/h4-6,12-13H,3,7-10,16H2,1-2H3. The maximum atomic E-state index is 12.7. The summed E-state index contributed by atoms with van der Waals surface area (Å²) < 4.78 is 25.4. The molecule has 0 bridgehead atoms. The van der Waals surface area contributed by atoms with Gasteiger partial charge in [0.05, 0.1) is 15.8 Å². The molecule has 3 nitrogen and oxygen atoms in total. The largest absolute Gasteiger partial charge is 0.397 e. The van der Waals surface area contributed by atoms with Crippen molar-refractivity contribution in [3.8, 4) is 0 Å². The fourth-order valence-electron chi connectivity index (χ4n) is 2.93. The van der Waals surface area contributed by atoms with Crippen LogP contribution in [0.15, 0.2) is 23.1 Å². The second-order valence-electron chi connectivity index (χ2n) is 5.58. The van der Waals surface area contributed by atoms with Gasteiger partial charge in [0.15, 0.2) is 9.84 Å². The highest BCUT2D eigenvalue weighted by Gasteiger charge is 2.32. The van der Waals surface area contributed by atoms with E-state index in [0.717, 1.165) is 37.7 Å². The Hall–Kier alpha value is -1.03.